The highest BCUT2D eigenvalue weighted by Gasteiger charge is 2.19. The number of aryl methyl sites for hydroxylation is 1. The number of carbonyl (C=O) groups excluding carboxylic acids is 1. The van der Waals surface area contributed by atoms with Crippen molar-refractivity contribution in [2.24, 2.45) is 0 Å². The SMILES string of the molecule is CC[C@@H]1CCCCN1CCCNC(=O)CCc1ccc(Cl)c(Cl)c1. The summed E-state index contributed by atoms with van der Waals surface area (Å²) in [5.74, 6) is 0.103. The molecule has 1 aliphatic rings. The number of benzene rings is 1. The smallest absolute Gasteiger partial charge is 0.220 e. The fourth-order valence-electron chi connectivity index (χ4n) is 3.37. The predicted octanol–water partition coefficient (Wildman–Crippen LogP) is 4.70. The Morgan fingerprint density at radius 2 is 2.12 bits per heavy atom. The maximum absolute atomic E-state index is 12.0. The van der Waals surface area contributed by atoms with Crippen molar-refractivity contribution in [2.75, 3.05) is 19.6 Å². The fraction of sp³-hybridized carbons (Fsp3) is 0.632. The highest BCUT2D eigenvalue weighted by molar-refractivity contribution is 6.42. The number of nitrogens with one attached hydrogen (secondary N) is 1. The average Bonchev–Trinajstić information content (AvgIpc) is 2.60. The molecule has 1 N–H and O–H groups in total. The van der Waals surface area contributed by atoms with Crippen LogP contribution in [0.2, 0.25) is 10.0 Å². The van der Waals surface area contributed by atoms with Crippen molar-refractivity contribution in [3.8, 4) is 0 Å². The number of carbonyl (C=O) groups is 1. The van der Waals surface area contributed by atoms with E-state index in [0.717, 1.165) is 31.1 Å². The van der Waals surface area contributed by atoms with Crippen molar-refractivity contribution in [1.82, 2.24) is 10.2 Å². The molecular weight excluding hydrogens is 343 g/mol. The summed E-state index contributed by atoms with van der Waals surface area (Å²) in [4.78, 5) is 14.5. The Morgan fingerprint density at radius 1 is 1.29 bits per heavy atom. The topological polar surface area (TPSA) is 32.3 Å². The summed E-state index contributed by atoms with van der Waals surface area (Å²) in [5, 5.41) is 4.12. The number of halogens is 2. The van der Waals surface area contributed by atoms with Crippen molar-refractivity contribution in [2.45, 2.75) is 57.9 Å². The molecule has 1 fully saturated rings. The number of amides is 1. The van der Waals surface area contributed by atoms with Gasteiger partial charge in [-0.15, -0.1) is 0 Å². The summed E-state index contributed by atoms with van der Waals surface area (Å²) in [7, 11) is 0. The van der Waals surface area contributed by atoms with Crippen molar-refractivity contribution in [3.05, 3.63) is 33.8 Å². The van der Waals surface area contributed by atoms with E-state index in [9.17, 15) is 4.79 Å². The molecule has 1 aromatic rings. The van der Waals surface area contributed by atoms with Gasteiger partial charge in [-0.25, -0.2) is 0 Å². The Kier molecular flexibility index (Phi) is 8.37. The van der Waals surface area contributed by atoms with E-state index in [0.29, 0.717) is 22.9 Å². The Hall–Kier alpha value is -0.770. The van der Waals surface area contributed by atoms with Gasteiger partial charge in [-0.05, 0) is 56.3 Å². The predicted molar refractivity (Wildman–Crippen MR) is 102 cm³/mol. The molecule has 0 radical (unpaired) electrons. The number of likely N-dealkylation sites (tertiary alicyclic amines) is 1. The second kappa shape index (κ2) is 10.3. The fourth-order valence-corrected chi connectivity index (χ4v) is 3.69. The summed E-state index contributed by atoms with van der Waals surface area (Å²) in [6, 6.07) is 6.27. The van der Waals surface area contributed by atoms with E-state index in [1.54, 1.807) is 6.07 Å². The first-order chi connectivity index (χ1) is 11.6. The molecule has 1 aromatic carbocycles. The monoisotopic (exact) mass is 370 g/mol. The largest absolute Gasteiger partial charge is 0.356 e. The van der Waals surface area contributed by atoms with Crippen molar-refractivity contribution < 1.29 is 4.79 Å². The highest BCUT2D eigenvalue weighted by Crippen LogP contribution is 2.23. The zero-order chi connectivity index (χ0) is 17.4. The minimum Gasteiger partial charge on any atom is -0.356 e. The van der Waals surface area contributed by atoms with E-state index in [-0.39, 0.29) is 5.91 Å². The van der Waals surface area contributed by atoms with Gasteiger partial charge < -0.3 is 10.2 Å². The van der Waals surface area contributed by atoms with Crippen LogP contribution in [0.3, 0.4) is 0 Å². The Labute approximate surface area is 155 Å². The summed E-state index contributed by atoms with van der Waals surface area (Å²) >= 11 is 11.9. The Balaban J connectivity index is 1.61. The van der Waals surface area contributed by atoms with Crippen LogP contribution in [-0.4, -0.2) is 36.5 Å². The molecule has 1 aliphatic heterocycles. The second-order valence-electron chi connectivity index (χ2n) is 6.55. The van der Waals surface area contributed by atoms with E-state index in [1.807, 2.05) is 12.1 Å². The quantitative estimate of drug-likeness (QED) is 0.672. The molecule has 0 spiro atoms. The third kappa shape index (κ3) is 6.27. The molecule has 0 aromatic heterocycles. The molecule has 2 rings (SSSR count). The van der Waals surface area contributed by atoms with Gasteiger partial charge >= 0.3 is 0 Å². The zero-order valence-corrected chi connectivity index (χ0v) is 16.0. The minimum atomic E-state index is 0.103. The summed E-state index contributed by atoms with van der Waals surface area (Å²) < 4.78 is 0. The van der Waals surface area contributed by atoms with Crippen LogP contribution in [0.1, 0.15) is 51.0 Å². The molecule has 134 valence electrons. The molecule has 1 amide bonds. The third-order valence-electron chi connectivity index (χ3n) is 4.79. The lowest BCUT2D eigenvalue weighted by Crippen LogP contribution is -2.40. The van der Waals surface area contributed by atoms with Crippen LogP contribution in [0.5, 0.6) is 0 Å². The summed E-state index contributed by atoms with van der Waals surface area (Å²) in [6.45, 7) is 5.33. The molecule has 5 heteroatoms. The van der Waals surface area contributed by atoms with Crippen LogP contribution in [-0.2, 0) is 11.2 Å². The van der Waals surface area contributed by atoms with Gasteiger partial charge in [0.05, 0.1) is 10.0 Å². The number of rotatable bonds is 8. The summed E-state index contributed by atoms with van der Waals surface area (Å²) in [5.41, 5.74) is 1.04. The standard InChI is InChI=1S/C19H28Cl2N2O/c1-2-16-6-3-4-12-23(16)13-5-11-22-19(24)10-8-15-7-9-17(20)18(21)14-15/h7,9,14,16H,2-6,8,10-13H2,1H3,(H,22,24)/t16-/m1/s1. The van der Waals surface area contributed by atoms with Crippen molar-refractivity contribution in [1.29, 1.82) is 0 Å². The first-order valence-corrected chi connectivity index (χ1v) is 9.80. The van der Waals surface area contributed by atoms with Gasteiger partial charge in [0.2, 0.25) is 5.91 Å². The molecule has 1 saturated heterocycles. The zero-order valence-electron chi connectivity index (χ0n) is 14.5. The van der Waals surface area contributed by atoms with E-state index in [1.165, 1.54) is 32.2 Å². The Morgan fingerprint density at radius 3 is 2.88 bits per heavy atom. The third-order valence-corrected chi connectivity index (χ3v) is 5.53. The lowest BCUT2D eigenvalue weighted by molar-refractivity contribution is -0.121. The van der Waals surface area contributed by atoms with Crippen LogP contribution in [0.25, 0.3) is 0 Å². The van der Waals surface area contributed by atoms with E-state index < -0.39 is 0 Å². The molecule has 1 heterocycles. The molecule has 0 bridgehead atoms. The maximum atomic E-state index is 12.0. The van der Waals surface area contributed by atoms with Crippen LogP contribution in [0, 0.1) is 0 Å². The molecule has 0 saturated carbocycles. The van der Waals surface area contributed by atoms with Crippen LogP contribution >= 0.6 is 23.2 Å². The van der Waals surface area contributed by atoms with Crippen LogP contribution in [0.4, 0.5) is 0 Å². The van der Waals surface area contributed by atoms with Gasteiger partial charge in [-0.1, -0.05) is 42.6 Å². The van der Waals surface area contributed by atoms with Crippen LogP contribution < -0.4 is 5.32 Å². The first-order valence-electron chi connectivity index (χ1n) is 9.05. The Bertz CT molecular complexity index is 536. The molecule has 0 aliphatic carbocycles. The number of piperidine rings is 1. The van der Waals surface area contributed by atoms with Crippen molar-refractivity contribution >= 4 is 29.1 Å². The van der Waals surface area contributed by atoms with Gasteiger partial charge in [0.15, 0.2) is 0 Å². The highest BCUT2D eigenvalue weighted by atomic mass is 35.5. The lowest BCUT2D eigenvalue weighted by atomic mass is 10.00. The molecular formula is C19H28Cl2N2O. The maximum Gasteiger partial charge on any atom is 0.220 e. The van der Waals surface area contributed by atoms with Gasteiger partial charge in [0.1, 0.15) is 0 Å². The van der Waals surface area contributed by atoms with E-state index >= 15 is 0 Å². The molecule has 1 atom stereocenters. The number of nitrogens with zero attached hydrogens (tertiary/aromatic N) is 1. The van der Waals surface area contributed by atoms with Crippen molar-refractivity contribution in [3.63, 3.8) is 0 Å². The van der Waals surface area contributed by atoms with Gasteiger partial charge in [-0.3, -0.25) is 4.79 Å². The van der Waals surface area contributed by atoms with Crippen LogP contribution in [0.15, 0.2) is 18.2 Å². The van der Waals surface area contributed by atoms with Gasteiger partial charge in [0.25, 0.3) is 0 Å². The van der Waals surface area contributed by atoms with Gasteiger partial charge in [-0.2, -0.15) is 0 Å². The summed E-state index contributed by atoms with van der Waals surface area (Å²) in [6.07, 6.45) is 7.43. The molecule has 3 nitrogen and oxygen atoms in total. The van der Waals surface area contributed by atoms with Gasteiger partial charge in [0, 0.05) is 25.6 Å². The molecule has 0 unspecified atom stereocenters. The normalized spacial score (nSPS) is 18.5. The van der Waals surface area contributed by atoms with E-state index in [4.69, 9.17) is 23.2 Å². The van der Waals surface area contributed by atoms with E-state index in [2.05, 4.69) is 17.1 Å². The molecule has 24 heavy (non-hydrogen) atoms. The minimum absolute atomic E-state index is 0.103. The number of hydrogen-bond donors (Lipinski definition) is 1. The first kappa shape index (κ1) is 19.6. The lowest BCUT2D eigenvalue weighted by Gasteiger charge is -2.35. The number of hydrogen-bond acceptors (Lipinski definition) is 2. The second-order valence-corrected chi connectivity index (χ2v) is 7.36. The average molecular weight is 371 g/mol.